The fourth-order valence-corrected chi connectivity index (χ4v) is 4.20. The van der Waals surface area contributed by atoms with Crippen LogP contribution in [-0.4, -0.2) is 33.2 Å². The van der Waals surface area contributed by atoms with Crippen LogP contribution in [0.25, 0.3) is 22.3 Å². The third-order valence-electron chi connectivity index (χ3n) is 4.13. The molecule has 0 spiro atoms. The number of rotatable bonds is 6. The lowest BCUT2D eigenvalue weighted by molar-refractivity contribution is -0.115. The summed E-state index contributed by atoms with van der Waals surface area (Å²) in [4.78, 5) is 24.8. The van der Waals surface area contributed by atoms with Gasteiger partial charge < -0.3 is 15.0 Å². The molecule has 1 unspecified atom stereocenters. The van der Waals surface area contributed by atoms with Crippen LogP contribution >= 0.6 is 23.1 Å². The molecule has 2 N–H and O–H groups in total. The molecule has 4 rings (SSSR count). The lowest BCUT2D eigenvalue weighted by Gasteiger charge is -2.08. The van der Waals surface area contributed by atoms with Crippen LogP contribution in [0.5, 0.6) is 5.75 Å². The first-order valence-corrected chi connectivity index (χ1v) is 10.4. The third kappa shape index (κ3) is 4.02. The van der Waals surface area contributed by atoms with Crippen LogP contribution in [-0.2, 0) is 4.79 Å². The Bertz CT molecular complexity index is 1090. The number of fused-ring (bicyclic) bond motifs is 1. The Kier molecular flexibility index (Phi) is 5.31. The molecule has 2 aromatic heterocycles. The summed E-state index contributed by atoms with van der Waals surface area (Å²) < 4.78 is 5.25. The molecule has 0 aliphatic heterocycles. The number of imidazole rings is 1. The molecule has 0 fully saturated rings. The lowest BCUT2D eigenvalue weighted by atomic mass is 10.2. The number of hydrogen-bond donors (Lipinski definition) is 2. The van der Waals surface area contributed by atoms with Crippen molar-refractivity contribution in [3.8, 4) is 17.0 Å². The van der Waals surface area contributed by atoms with E-state index in [-0.39, 0.29) is 11.2 Å². The fourth-order valence-electron chi connectivity index (χ4n) is 2.66. The summed E-state index contributed by atoms with van der Waals surface area (Å²) in [7, 11) is 1.63. The molecular weight excluding hydrogens is 392 g/mol. The van der Waals surface area contributed by atoms with E-state index in [1.165, 1.54) is 23.1 Å². The number of anilines is 1. The van der Waals surface area contributed by atoms with Crippen molar-refractivity contribution >= 4 is 45.2 Å². The Hall–Kier alpha value is -2.84. The first kappa shape index (κ1) is 18.5. The first-order chi connectivity index (χ1) is 13.6. The molecule has 0 saturated carbocycles. The predicted molar refractivity (Wildman–Crippen MR) is 114 cm³/mol. The molecule has 1 atom stereocenters. The van der Waals surface area contributed by atoms with Crippen molar-refractivity contribution in [3.05, 3.63) is 53.9 Å². The van der Waals surface area contributed by atoms with Gasteiger partial charge in [0.25, 0.3) is 0 Å². The number of ether oxygens (including phenoxy) is 1. The molecule has 142 valence electrons. The number of aromatic amines is 1. The van der Waals surface area contributed by atoms with E-state index in [1.807, 2.05) is 60.8 Å². The zero-order valence-electron chi connectivity index (χ0n) is 15.3. The van der Waals surface area contributed by atoms with E-state index < -0.39 is 0 Å². The van der Waals surface area contributed by atoms with Gasteiger partial charge in [0.15, 0.2) is 10.3 Å². The molecule has 0 saturated heterocycles. The highest BCUT2D eigenvalue weighted by Crippen LogP contribution is 2.29. The average Bonchev–Trinajstić information content (AvgIpc) is 3.34. The maximum absolute atomic E-state index is 12.6. The Morgan fingerprint density at radius 1 is 1.21 bits per heavy atom. The van der Waals surface area contributed by atoms with Gasteiger partial charge in [0.2, 0.25) is 5.91 Å². The largest absolute Gasteiger partial charge is 0.497 e. The quantitative estimate of drug-likeness (QED) is 0.446. The molecule has 2 heterocycles. The number of thioether (sulfide) groups is 1. The number of nitrogens with zero attached hydrogens (tertiary/aromatic N) is 2. The van der Waals surface area contributed by atoms with Crippen LogP contribution in [0.1, 0.15) is 6.92 Å². The number of carbonyl (C=O) groups excluding carboxylic acids is 1. The average molecular weight is 411 g/mol. The maximum atomic E-state index is 12.6. The van der Waals surface area contributed by atoms with Gasteiger partial charge in [-0.15, -0.1) is 11.3 Å². The van der Waals surface area contributed by atoms with Gasteiger partial charge in [-0.3, -0.25) is 4.79 Å². The van der Waals surface area contributed by atoms with Gasteiger partial charge in [0.1, 0.15) is 5.75 Å². The molecule has 0 radical (unpaired) electrons. The van der Waals surface area contributed by atoms with Gasteiger partial charge in [-0.05, 0) is 31.2 Å². The van der Waals surface area contributed by atoms with E-state index in [2.05, 4.69) is 20.3 Å². The predicted octanol–water partition coefficient (Wildman–Crippen LogP) is 4.81. The van der Waals surface area contributed by atoms with Crippen molar-refractivity contribution in [1.29, 1.82) is 0 Å². The van der Waals surface area contributed by atoms with Crippen molar-refractivity contribution in [2.45, 2.75) is 17.3 Å². The van der Waals surface area contributed by atoms with Crippen LogP contribution in [0, 0.1) is 0 Å². The minimum atomic E-state index is -0.315. The number of thiazole rings is 1. The second kappa shape index (κ2) is 8.04. The number of benzene rings is 2. The van der Waals surface area contributed by atoms with Crippen LogP contribution in [0.4, 0.5) is 5.13 Å². The van der Waals surface area contributed by atoms with E-state index >= 15 is 0 Å². The molecule has 6 nitrogen and oxygen atoms in total. The minimum Gasteiger partial charge on any atom is -0.497 e. The van der Waals surface area contributed by atoms with Crippen molar-refractivity contribution in [1.82, 2.24) is 15.0 Å². The second-order valence-electron chi connectivity index (χ2n) is 6.08. The summed E-state index contributed by atoms with van der Waals surface area (Å²) in [5.41, 5.74) is 3.60. The molecule has 2 aromatic carbocycles. The van der Waals surface area contributed by atoms with Gasteiger partial charge in [-0.1, -0.05) is 36.0 Å². The van der Waals surface area contributed by atoms with Crippen molar-refractivity contribution < 1.29 is 9.53 Å². The highest BCUT2D eigenvalue weighted by molar-refractivity contribution is 8.00. The lowest BCUT2D eigenvalue weighted by Crippen LogP contribution is -2.22. The van der Waals surface area contributed by atoms with E-state index in [1.54, 1.807) is 7.11 Å². The SMILES string of the molecule is COc1cccc(-c2csc(NC(=O)C(C)Sc3nc4ccccc4[nH]3)n2)c1. The second-order valence-corrected chi connectivity index (χ2v) is 8.27. The monoisotopic (exact) mass is 410 g/mol. The van der Waals surface area contributed by atoms with Crippen LogP contribution in [0.3, 0.4) is 0 Å². The summed E-state index contributed by atoms with van der Waals surface area (Å²) in [6, 6.07) is 15.5. The van der Waals surface area contributed by atoms with Gasteiger partial charge >= 0.3 is 0 Å². The number of para-hydroxylation sites is 2. The van der Waals surface area contributed by atoms with E-state index in [0.717, 1.165) is 33.2 Å². The number of carbonyl (C=O) groups is 1. The zero-order chi connectivity index (χ0) is 19.5. The zero-order valence-corrected chi connectivity index (χ0v) is 16.9. The van der Waals surface area contributed by atoms with Gasteiger partial charge in [-0.2, -0.15) is 0 Å². The number of hydrogen-bond acceptors (Lipinski definition) is 6. The standard InChI is InChI=1S/C20H18N4O2S2/c1-12(28-20-21-15-8-3-4-9-16(15)22-20)18(25)24-19-23-17(11-27-19)13-6-5-7-14(10-13)26-2/h3-12H,1-2H3,(H,21,22)(H,23,24,25). The Morgan fingerprint density at radius 3 is 2.89 bits per heavy atom. The summed E-state index contributed by atoms with van der Waals surface area (Å²) >= 11 is 2.78. The first-order valence-electron chi connectivity index (χ1n) is 8.64. The topological polar surface area (TPSA) is 79.9 Å². The number of H-pyrrole nitrogens is 1. The Labute approximate surface area is 170 Å². The van der Waals surface area contributed by atoms with Crippen molar-refractivity contribution in [2.24, 2.45) is 0 Å². The van der Waals surface area contributed by atoms with E-state index in [0.29, 0.717) is 5.13 Å². The molecule has 4 aromatic rings. The van der Waals surface area contributed by atoms with Crippen molar-refractivity contribution in [3.63, 3.8) is 0 Å². The summed E-state index contributed by atoms with van der Waals surface area (Å²) in [5.74, 6) is 0.656. The van der Waals surface area contributed by atoms with E-state index in [4.69, 9.17) is 4.74 Å². The normalized spacial score (nSPS) is 12.1. The molecular formula is C20H18N4O2S2. The fraction of sp³-hybridized carbons (Fsp3) is 0.150. The van der Waals surface area contributed by atoms with Crippen LogP contribution < -0.4 is 10.1 Å². The molecule has 8 heteroatoms. The highest BCUT2D eigenvalue weighted by atomic mass is 32.2. The van der Waals surface area contributed by atoms with Gasteiger partial charge in [0.05, 0.1) is 29.1 Å². The van der Waals surface area contributed by atoms with Crippen LogP contribution in [0.15, 0.2) is 59.1 Å². The number of aromatic nitrogens is 3. The highest BCUT2D eigenvalue weighted by Gasteiger charge is 2.18. The number of amides is 1. The number of nitrogens with one attached hydrogen (secondary N) is 2. The molecule has 28 heavy (non-hydrogen) atoms. The van der Waals surface area contributed by atoms with Gasteiger partial charge in [-0.25, -0.2) is 9.97 Å². The smallest absolute Gasteiger partial charge is 0.239 e. The van der Waals surface area contributed by atoms with E-state index in [9.17, 15) is 4.79 Å². The maximum Gasteiger partial charge on any atom is 0.239 e. The Morgan fingerprint density at radius 2 is 2.07 bits per heavy atom. The summed E-state index contributed by atoms with van der Waals surface area (Å²) in [6.45, 7) is 1.85. The molecule has 0 aliphatic carbocycles. The van der Waals surface area contributed by atoms with Gasteiger partial charge in [0, 0.05) is 10.9 Å². The summed E-state index contributed by atoms with van der Waals surface area (Å²) in [6.07, 6.45) is 0. The van der Waals surface area contributed by atoms with Crippen LogP contribution in [0.2, 0.25) is 0 Å². The Balaban J connectivity index is 1.42. The molecule has 1 amide bonds. The minimum absolute atomic E-state index is 0.114. The summed E-state index contributed by atoms with van der Waals surface area (Å²) in [5, 5.41) is 5.78. The third-order valence-corrected chi connectivity index (χ3v) is 5.87. The van der Waals surface area contributed by atoms with Crippen molar-refractivity contribution in [2.75, 3.05) is 12.4 Å². The molecule has 0 bridgehead atoms. The number of methoxy groups -OCH3 is 1. The molecule has 0 aliphatic rings.